The molecule has 0 spiro atoms. The van der Waals surface area contributed by atoms with Crippen LogP contribution >= 0.6 is 47.0 Å². The maximum atomic E-state index is 2.18. The molecule has 0 fully saturated rings. The minimum atomic E-state index is 1.42. The molecular formula is C7H10S4. The van der Waals surface area contributed by atoms with Gasteiger partial charge in [0.25, 0.3) is 0 Å². The van der Waals surface area contributed by atoms with Crippen LogP contribution in [0.15, 0.2) is 18.8 Å². The summed E-state index contributed by atoms with van der Waals surface area (Å²) >= 11 is 7.47. The minimum absolute atomic E-state index is 1.42. The molecule has 0 amide bonds. The normalized spacial score (nSPS) is 17.9. The molecule has 1 aliphatic rings. The number of hydrogen-bond donors (Lipinski definition) is 0. The highest BCUT2D eigenvalue weighted by Gasteiger charge is 2.18. The van der Waals surface area contributed by atoms with Gasteiger partial charge in [-0.2, -0.15) is 0 Å². The van der Waals surface area contributed by atoms with Crippen LogP contribution in [0.1, 0.15) is 6.92 Å². The highest BCUT2D eigenvalue weighted by atomic mass is 32.3. The van der Waals surface area contributed by atoms with Crippen molar-refractivity contribution in [3.63, 3.8) is 0 Å². The van der Waals surface area contributed by atoms with E-state index in [2.05, 4.69) is 25.5 Å². The third kappa shape index (κ3) is 2.41. The van der Waals surface area contributed by atoms with Gasteiger partial charge < -0.3 is 0 Å². The first-order valence-electron chi connectivity index (χ1n) is 3.16. The van der Waals surface area contributed by atoms with Gasteiger partial charge in [-0.15, -0.1) is 23.5 Å². The van der Waals surface area contributed by atoms with E-state index in [9.17, 15) is 0 Å². The SMILES string of the molecule is CC=C1SC(SC)=C(SC)S1. The van der Waals surface area contributed by atoms with Crippen molar-refractivity contribution in [1.82, 2.24) is 0 Å². The van der Waals surface area contributed by atoms with Gasteiger partial charge >= 0.3 is 0 Å². The van der Waals surface area contributed by atoms with Gasteiger partial charge in [0.05, 0.1) is 8.47 Å². The van der Waals surface area contributed by atoms with E-state index in [4.69, 9.17) is 0 Å². The van der Waals surface area contributed by atoms with Crippen molar-refractivity contribution in [3.8, 4) is 0 Å². The first-order valence-corrected chi connectivity index (χ1v) is 7.24. The third-order valence-electron chi connectivity index (χ3n) is 1.16. The Bertz CT molecular complexity index is 186. The molecule has 0 radical (unpaired) electrons. The third-order valence-corrected chi connectivity index (χ3v) is 6.48. The molecule has 0 atom stereocenters. The van der Waals surface area contributed by atoms with E-state index >= 15 is 0 Å². The predicted molar refractivity (Wildman–Crippen MR) is 63.0 cm³/mol. The summed E-state index contributed by atoms with van der Waals surface area (Å²) in [5.41, 5.74) is 0. The van der Waals surface area contributed by atoms with Gasteiger partial charge in [0.2, 0.25) is 0 Å². The zero-order valence-electron chi connectivity index (χ0n) is 6.71. The topological polar surface area (TPSA) is 0 Å². The van der Waals surface area contributed by atoms with E-state index < -0.39 is 0 Å². The average Bonchev–Trinajstić information content (AvgIpc) is 2.46. The Hall–Kier alpha value is 0.880. The molecule has 62 valence electrons. The van der Waals surface area contributed by atoms with Crippen LogP contribution in [-0.2, 0) is 0 Å². The highest BCUT2D eigenvalue weighted by Crippen LogP contribution is 2.55. The van der Waals surface area contributed by atoms with E-state index in [-0.39, 0.29) is 0 Å². The molecular weight excluding hydrogens is 212 g/mol. The van der Waals surface area contributed by atoms with Gasteiger partial charge in [0, 0.05) is 4.24 Å². The molecule has 0 aromatic heterocycles. The van der Waals surface area contributed by atoms with Gasteiger partial charge in [0.1, 0.15) is 0 Å². The second-order valence-corrected chi connectivity index (χ2v) is 6.31. The van der Waals surface area contributed by atoms with Crippen LogP contribution < -0.4 is 0 Å². The van der Waals surface area contributed by atoms with Gasteiger partial charge in [-0.05, 0) is 19.4 Å². The fraction of sp³-hybridized carbons (Fsp3) is 0.429. The largest absolute Gasteiger partial charge is 0.121 e. The fourth-order valence-electron chi connectivity index (χ4n) is 0.655. The summed E-state index contributed by atoms with van der Waals surface area (Å²) in [6, 6.07) is 0. The van der Waals surface area contributed by atoms with E-state index in [0.29, 0.717) is 0 Å². The van der Waals surface area contributed by atoms with Crippen molar-refractivity contribution < 1.29 is 0 Å². The van der Waals surface area contributed by atoms with Crippen molar-refractivity contribution >= 4 is 47.0 Å². The van der Waals surface area contributed by atoms with Gasteiger partial charge in [-0.1, -0.05) is 29.6 Å². The monoisotopic (exact) mass is 222 g/mol. The molecule has 0 unspecified atom stereocenters. The summed E-state index contributed by atoms with van der Waals surface area (Å²) in [6.45, 7) is 2.09. The van der Waals surface area contributed by atoms with Crippen LogP contribution in [0.25, 0.3) is 0 Å². The lowest BCUT2D eigenvalue weighted by Crippen LogP contribution is -1.63. The molecule has 1 aliphatic heterocycles. The zero-order chi connectivity index (χ0) is 8.27. The zero-order valence-corrected chi connectivity index (χ0v) is 9.98. The summed E-state index contributed by atoms with van der Waals surface area (Å²) in [5, 5.41) is 0. The standard InChI is InChI=1S/C7H10S4/c1-4-5-10-6(8-2)7(9-3)11-5/h4H,1-3H3. The predicted octanol–water partition coefficient (Wildman–Crippen LogP) is 4.18. The number of allylic oxidation sites excluding steroid dienone is 1. The van der Waals surface area contributed by atoms with Gasteiger partial charge in [-0.3, -0.25) is 0 Å². The maximum absolute atomic E-state index is 2.18. The Kier molecular flexibility index (Phi) is 4.34. The van der Waals surface area contributed by atoms with Crippen LogP contribution in [-0.4, -0.2) is 12.5 Å². The van der Waals surface area contributed by atoms with E-state index in [1.807, 2.05) is 47.0 Å². The molecule has 11 heavy (non-hydrogen) atoms. The van der Waals surface area contributed by atoms with Crippen molar-refractivity contribution in [2.24, 2.45) is 0 Å². The molecule has 0 bridgehead atoms. The first kappa shape index (κ1) is 9.96. The molecule has 0 N–H and O–H groups in total. The van der Waals surface area contributed by atoms with Crippen LogP contribution in [0.5, 0.6) is 0 Å². The molecule has 1 rings (SSSR count). The Labute approximate surface area is 85.0 Å². The minimum Gasteiger partial charge on any atom is -0.121 e. The van der Waals surface area contributed by atoms with Crippen LogP contribution in [0.2, 0.25) is 0 Å². The Morgan fingerprint density at radius 2 is 1.55 bits per heavy atom. The second kappa shape index (κ2) is 4.80. The number of hydrogen-bond acceptors (Lipinski definition) is 4. The molecule has 4 heteroatoms. The van der Waals surface area contributed by atoms with Crippen LogP contribution in [0.3, 0.4) is 0 Å². The summed E-state index contributed by atoms with van der Waals surface area (Å²) in [6.07, 6.45) is 6.45. The molecule has 0 nitrogen and oxygen atoms in total. The van der Waals surface area contributed by atoms with E-state index in [1.165, 1.54) is 12.7 Å². The summed E-state index contributed by atoms with van der Waals surface area (Å²) in [4.78, 5) is 0. The van der Waals surface area contributed by atoms with E-state index in [0.717, 1.165) is 0 Å². The lowest BCUT2D eigenvalue weighted by Gasteiger charge is -1.94. The average molecular weight is 222 g/mol. The van der Waals surface area contributed by atoms with Crippen molar-refractivity contribution in [3.05, 3.63) is 18.8 Å². The fourth-order valence-corrected chi connectivity index (χ4v) is 5.44. The van der Waals surface area contributed by atoms with Crippen molar-refractivity contribution in [2.75, 3.05) is 12.5 Å². The van der Waals surface area contributed by atoms with Gasteiger partial charge in [-0.25, -0.2) is 0 Å². The summed E-state index contributed by atoms with van der Waals surface area (Å²) in [7, 11) is 0. The molecule has 0 aromatic rings. The summed E-state index contributed by atoms with van der Waals surface area (Å²) in [5.74, 6) is 0. The Morgan fingerprint density at radius 1 is 1.09 bits per heavy atom. The molecule has 0 saturated heterocycles. The molecule has 0 aliphatic carbocycles. The quantitative estimate of drug-likeness (QED) is 0.687. The number of rotatable bonds is 2. The maximum Gasteiger partial charge on any atom is 0.0656 e. The lowest BCUT2D eigenvalue weighted by atomic mass is 10.8. The number of thioether (sulfide) groups is 4. The smallest absolute Gasteiger partial charge is 0.0656 e. The van der Waals surface area contributed by atoms with Crippen LogP contribution in [0, 0.1) is 0 Å². The molecule has 1 heterocycles. The Morgan fingerprint density at radius 3 is 1.82 bits per heavy atom. The molecule has 0 aromatic carbocycles. The van der Waals surface area contributed by atoms with Gasteiger partial charge in [0.15, 0.2) is 0 Å². The van der Waals surface area contributed by atoms with E-state index in [1.54, 1.807) is 0 Å². The van der Waals surface area contributed by atoms with Crippen molar-refractivity contribution in [2.45, 2.75) is 6.92 Å². The highest BCUT2D eigenvalue weighted by molar-refractivity contribution is 8.40. The first-order chi connectivity index (χ1) is 5.31. The van der Waals surface area contributed by atoms with Crippen molar-refractivity contribution in [1.29, 1.82) is 0 Å². The lowest BCUT2D eigenvalue weighted by molar-refractivity contribution is 1.77. The second-order valence-electron chi connectivity index (χ2n) is 1.79. The van der Waals surface area contributed by atoms with Crippen LogP contribution in [0.4, 0.5) is 0 Å². The Balaban J connectivity index is 2.71. The summed E-state index contributed by atoms with van der Waals surface area (Å²) < 4.78 is 4.32. The molecule has 0 saturated carbocycles.